The first-order valence-electron chi connectivity index (χ1n) is 6.42. The summed E-state index contributed by atoms with van der Waals surface area (Å²) in [4.78, 5) is 26.6. The summed E-state index contributed by atoms with van der Waals surface area (Å²) < 4.78 is 9.80. The van der Waals surface area contributed by atoms with Gasteiger partial charge in [-0.15, -0.1) is 0 Å². The van der Waals surface area contributed by atoms with Crippen molar-refractivity contribution in [2.75, 3.05) is 19.5 Å². The van der Waals surface area contributed by atoms with Gasteiger partial charge in [0, 0.05) is 32.1 Å². The Bertz CT molecular complexity index is 546. The van der Waals surface area contributed by atoms with Crippen molar-refractivity contribution in [3.05, 3.63) is 23.0 Å². The van der Waals surface area contributed by atoms with Crippen molar-refractivity contribution in [1.29, 1.82) is 0 Å². The van der Waals surface area contributed by atoms with Crippen LogP contribution >= 0.6 is 11.6 Å². The Morgan fingerprint density at radius 2 is 2.14 bits per heavy atom. The zero-order chi connectivity index (χ0) is 15.4. The Morgan fingerprint density at radius 3 is 2.76 bits per heavy atom. The van der Waals surface area contributed by atoms with Crippen LogP contribution in [0.2, 0.25) is 5.15 Å². The molecule has 0 aromatic carbocycles. The van der Waals surface area contributed by atoms with Gasteiger partial charge < -0.3 is 20.1 Å². The lowest BCUT2D eigenvalue weighted by molar-refractivity contribution is 0.0468. The van der Waals surface area contributed by atoms with E-state index in [2.05, 4.69) is 15.6 Å². The van der Waals surface area contributed by atoms with E-state index in [-0.39, 0.29) is 17.3 Å². The van der Waals surface area contributed by atoms with Gasteiger partial charge in [-0.2, -0.15) is 0 Å². The lowest BCUT2D eigenvalue weighted by Crippen LogP contribution is -2.43. The molecule has 114 valence electrons. The number of carbonyl (C=O) groups is 2. The molecule has 0 radical (unpaired) electrons. The summed E-state index contributed by atoms with van der Waals surface area (Å²) in [7, 11) is 2.82. The van der Waals surface area contributed by atoms with Gasteiger partial charge in [-0.3, -0.25) is 0 Å². The SMILES string of the molecule is CNC(=O)O[C@H]1C[C@@H](Nc2cc(Cl)ncc2C(=O)OC)C1. The summed E-state index contributed by atoms with van der Waals surface area (Å²) in [6.45, 7) is 0. The highest BCUT2D eigenvalue weighted by Crippen LogP contribution is 2.29. The summed E-state index contributed by atoms with van der Waals surface area (Å²) in [6.07, 6.45) is 2.12. The minimum absolute atomic E-state index is 0.0986. The second kappa shape index (κ2) is 6.62. The number of pyridine rings is 1. The molecule has 1 saturated carbocycles. The fraction of sp³-hybridized carbons (Fsp3) is 0.462. The molecule has 1 amide bonds. The second-order valence-electron chi connectivity index (χ2n) is 4.63. The lowest BCUT2D eigenvalue weighted by Gasteiger charge is -2.35. The van der Waals surface area contributed by atoms with Gasteiger partial charge in [0.15, 0.2) is 0 Å². The number of carbonyl (C=O) groups excluding carboxylic acids is 2. The van der Waals surface area contributed by atoms with Crippen molar-refractivity contribution in [1.82, 2.24) is 10.3 Å². The van der Waals surface area contributed by atoms with Crippen LogP contribution in [-0.2, 0) is 9.47 Å². The fourth-order valence-electron chi connectivity index (χ4n) is 2.03. The monoisotopic (exact) mass is 313 g/mol. The van der Waals surface area contributed by atoms with Crippen LogP contribution in [0.1, 0.15) is 23.2 Å². The molecule has 0 bridgehead atoms. The van der Waals surface area contributed by atoms with E-state index in [1.54, 1.807) is 6.07 Å². The third kappa shape index (κ3) is 3.75. The molecular formula is C13H16ClN3O4. The van der Waals surface area contributed by atoms with Gasteiger partial charge in [0.25, 0.3) is 0 Å². The number of nitrogens with zero attached hydrogens (tertiary/aromatic N) is 1. The van der Waals surface area contributed by atoms with Crippen LogP contribution < -0.4 is 10.6 Å². The Balaban J connectivity index is 1.97. The molecule has 0 spiro atoms. The van der Waals surface area contributed by atoms with Crippen molar-refractivity contribution < 1.29 is 19.1 Å². The standard InChI is InChI=1S/C13H16ClN3O4/c1-15-13(19)21-8-3-7(4-8)17-10-5-11(14)16-6-9(10)12(18)20-2/h5-8H,3-4H2,1-2H3,(H,15,19)(H,16,17)/t7-,8+. The maximum Gasteiger partial charge on any atom is 0.407 e. The molecule has 8 heteroatoms. The number of methoxy groups -OCH3 is 1. The Kier molecular flexibility index (Phi) is 4.85. The lowest BCUT2D eigenvalue weighted by atomic mass is 9.89. The molecular weight excluding hydrogens is 298 g/mol. The highest BCUT2D eigenvalue weighted by molar-refractivity contribution is 6.29. The van der Waals surface area contributed by atoms with Gasteiger partial charge in [0.2, 0.25) is 0 Å². The molecule has 1 aromatic rings. The van der Waals surface area contributed by atoms with E-state index < -0.39 is 12.1 Å². The van der Waals surface area contributed by atoms with Crippen LogP contribution in [-0.4, -0.2) is 43.3 Å². The highest BCUT2D eigenvalue weighted by Gasteiger charge is 2.32. The number of hydrogen-bond acceptors (Lipinski definition) is 6. The number of rotatable bonds is 4. The van der Waals surface area contributed by atoms with E-state index in [9.17, 15) is 9.59 Å². The maximum atomic E-state index is 11.7. The van der Waals surface area contributed by atoms with Crippen LogP contribution in [0.4, 0.5) is 10.5 Å². The van der Waals surface area contributed by atoms with Crippen LogP contribution in [0.15, 0.2) is 12.3 Å². The summed E-state index contributed by atoms with van der Waals surface area (Å²) in [5, 5.41) is 5.87. The van der Waals surface area contributed by atoms with E-state index in [0.29, 0.717) is 24.1 Å². The zero-order valence-corrected chi connectivity index (χ0v) is 12.4. The third-order valence-corrected chi connectivity index (χ3v) is 3.41. The zero-order valence-electron chi connectivity index (χ0n) is 11.7. The van der Waals surface area contributed by atoms with Crippen molar-refractivity contribution in [3.8, 4) is 0 Å². The topological polar surface area (TPSA) is 89.5 Å². The quantitative estimate of drug-likeness (QED) is 0.651. The van der Waals surface area contributed by atoms with Gasteiger partial charge in [-0.05, 0) is 6.07 Å². The molecule has 1 aromatic heterocycles. The summed E-state index contributed by atoms with van der Waals surface area (Å²) >= 11 is 5.84. The third-order valence-electron chi connectivity index (χ3n) is 3.21. The molecule has 0 unspecified atom stereocenters. The fourth-order valence-corrected chi connectivity index (χ4v) is 2.19. The van der Waals surface area contributed by atoms with E-state index in [1.807, 2.05) is 0 Å². The molecule has 2 N–H and O–H groups in total. The normalized spacial score (nSPS) is 20.1. The first-order chi connectivity index (χ1) is 10.0. The average Bonchev–Trinajstić information content (AvgIpc) is 2.44. The number of amides is 1. The average molecular weight is 314 g/mol. The van der Waals surface area contributed by atoms with Crippen LogP contribution in [0, 0.1) is 0 Å². The van der Waals surface area contributed by atoms with Gasteiger partial charge in [-0.25, -0.2) is 14.6 Å². The first-order valence-corrected chi connectivity index (χ1v) is 6.80. The summed E-state index contributed by atoms with van der Waals surface area (Å²) in [5.41, 5.74) is 0.878. The Morgan fingerprint density at radius 1 is 1.43 bits per heavy atom. The van der Waals surface area contributed by atoms with E-state index in [1.165, 1.54) is 20.4 Å². The van der Waals surface area contributed by atoms with E-state index >= 15 is 0 Å². The largest absolute Gasteiger partial charge is 0.465 e. The van der Waals surface area contributed by atoms with Crippen molar-refractivity contribution in [2.45, 2.75) is 25.0 Å². The number of aromatic nitrogens is 1. The number of halogens is 1. The highest BCUT2D eigenvalue weighted by atomic mass is 35.5. The van der Waals surface area contributed by atoms with E-state index in [0.717, 1.165) is 0 Å². The maximum absolute atomic E-state index is 11.7. The number of ether oxygens (including phenoxy) is 2. The molecule has 1 fully saturated rings. The molecule has 0 atom stereocenters. The minimum atomic E-state index is -0.487. The Hall–Kier alpha value is -2.02. The number of nitrogens with one attached hydrogen (secondary N) is 2. The van der Waals surface area contributed by atoms with Gasteiger partial charge >= 0.3 is 12.1 Å². The molecule has 2 rings (SSSR count). The number of hydrogen-bond donors (Lipinski definition) is 2. The number of alkyl carbamates (subject to hydrolysis) is 1. The number of anilines is 1. The molecule has 7 nitrogen and oxygen atoms in total. The molecule has 1 aliphatic rings. The number of esters is 1. The van der Waals surface area contributed by atoms with Crippen molar-refractivity contribution in [2.24, 2.45) is 0 Å². The van der Waals surface area contributed by atoms with Gasteiger partial charge in [0.05, 0.1) is 12.8 Å². The minimum Gasteiger partial charge on any atom is -0.465 e. The molecule has 21 heavy (non-hydrogen) atoms. The molecule has 0 aliphatic heterocycles. The second-order valence-corrected chi connectivity index (χ2v) is 5.02. The predicted octanol–water partition coefficient (Wildman–Crippen LogP) is 1.82. The van der Waals surface area contributed by atoms with Gasteiger partial charge in [0.1, 0.15) is 16.8 Å². The molecule has 0 saturated heterocycles. The smallest absolute Gasteiger partial charge is 0.407 e. The predicted molar refractivity (Wildman–Crippen MR) is 76.6 cm³/mol. The summed E-state index contributed by atoms with van der Waals surface area (Å²) in [5.74, 6) is -0.487. The van der Waals surface area contributed by atoms with Crippen LogP contribution in [0.5, 0.6) is 0 Å². The first kappa shape index (κ1) is 15.4. The molecule has 1 heterocycles. The van der Waals surface area contributed by atoms with Crippen LogP contribution in [0.3, 0.4) is 0 Å². The Labute approximate surface area is 127 Å². The summed E-state index contributed by atoms with van der Waals surface area (Å²) in [6, 6.07) is 1.67. The van der Waals surface area contributed by atoms with E-state index in [4.69, 9.17) is 21.1 Å². The van der Waals surface area contributed by atoms with Crippen molar-refractivity contribution in [3.63, 3.8) is 0 Å². The van der Waals surface area contributed by atoms with Gasteiger partial charge in [-0.1, -0.05) is 11.6 Å². The van der Waals surface area contributed by atoms with Crippen molar-refractivity contribution >= 4 is 29.4 Å². The van der Waals surface area contributed by atoms with Crippen LogP contribution in [0.25, 0.3) is 0 Å². The molecule has 1 aliphatic carbocycles.